The number of methoxy groups -OCH3 is 1. The number of carbonyl (C=O) groups is 2. The smallest absolute Gasteiger partial charge is 0.335 e. The summed E-state index contributed by atoms with van der Waals surface area (Å²) in [5.41, 5.74) is 3.05. The van der Waals surface area contributed by atoms with E-state index >= 15 is 0 Å². The van der Waals surface area contributed by atoms with Crippen molar-refractivity contribution in [3.05, 3.63) is 89.0 Å². The summed E-state index contributed by atoms with van der Waals surface area (Å²) >= 11 is 0. The molecule has 0 heterocycles. The molecule has 0 atom stereocenters. The fourth-order valence-electron chi connectivity index (χ4n) is 3.61. The molecule has 0 spiro atoms. The maximum Gasteiger partial charge on any atom is 0.335 e. The molecule has 0 aliphatic heterocycles. The van der Waals surface area contributed by atoms with Crippen molar-refractivity contribution in [3.8, 4) is 5.75 Å². The maximum absolute atomic E-state index is 13.1. The highest BCUT2D eigenvalue weighted by molar-refractivity contribution is 7.90. The van der Waals surface area contributed by atoms with Crippen molar-refractivity contribution in [1.82, 2.24) is 0 Å². The van der Waals surface area contributed by atoms with Crippen molar-refractivity contribution >= 4 is 27.3 Å². The molecule has 3 aromatic carbocycles. The first-order chi connectivity index (χ1) is 16.1. The van der Waals surface area contributed by atoms with Crippen LogP contribution in [0.25, 0.3) is 0 Å². The number of carboxylic acids is 1. The van der Waals surface area contributed by atoms with Crippen LogP contribution in [0.4, 0.5) is 5.69 Å². The third kappa shape index (κ3) is 6.23. The van der Waals surface area contributed by atoms with Crippen molar-refractivity contribution in [3.63, 3.8) is 0 Å². The lowest BCUT2D eigenvalue weighted by Crippen LogP contribution is -2.10. The summed E-state index contributed by atoms with van der Waals surface area (Å²) in [6.07, 6.45) is 0.469. The summed E-state index contributed by atoms with van der Waals surface area (Å²) in [5, 5.41) is 9.22. The number of hydrogen-bond donors (Lipinski definition) is 1. The van der Waals surface area contributed by atoms with E-state index in [1.807, 2.05) is 43.3 Å². The predicted octanol–water partition coefficient (Wildman–Crippen LogP) is 3.79. The van der Waals surface area contributed by atoms with Crippen LogP contribution in [0.3, 0.4) is 0 Å². The number of nitrogens with zero attached hydrogens (tertiary/aromatic N) is 1. The molecule has 0 amide bonds. The van der Waals surface area contributed by atoms with Gasteiger partial charge in [0.15, 0.2) is 9.84 Å². The molecular formula is C26H27NO6S. The zero-order valence-corrected chi connectivity index (χ0v) is 20.1. The van der Waals surface area contributed by atoms with Crippen molar-refractivity contribution in [2.45, 2.75) is 23.5 Å². The van der Waals surface area contributed by atoms with E-state index in [1.165, 1.54) is 19.2 Å². The molecule has 0 radical (unpaired) electrons. The Morgan fingerprint density at radius 3 is 2.15 bits per heavy atom. The molecule has 0 unspecified atom stereocenters. The van der Waals surface area contributed by atoms with Crippen LogP contribution in [0.5, 0.6) is 5.75 Å². The molecule has 34 heavy (non-hydrogen) atoms. The molecular weight excluding hydrogens is 454 g/mol. The number of sulfone groups is 1. The standard InChI is InChI=1S/C26H27NO6S/c1-27(2)22-10-7-18(8-11-22)14-23(28)15-19-5-4-6-20(13-19)17-34(31,32)25-16-21(26(29)30)9-12-24(25)33-3/h4-13,16H,14-15,17H2,1-3H3,(H,29,30). The maximum atomic E-state index is 13.1. The van der Waals surface area contributed by atoms with Crippen molar-refractivity contribution in [2.75, 3.05) is 26.1 Å². The average Bonchev–Trinajstić information content (AvgIpc) is 2.78. The number of Topliss-reactive ketones (excluding diaryl/α,β-unsaturated/α-hetero) is 1. The van der Waals surface area contributed by atoms with Gasteiger partial charge in [-0.3, -0.25) is 4.79 Å². The number of aromatic carboxylic acids is 1. The largest absolute Gasteiger partial charge is 0.495 e. The Labute approximate surface area is 199 Å². The Morgan fingerprint density at radius 1 is 0.882 bits per heavy atom. The number of benzene rings is 3. The molecule has 0 aromatic heterocycles. The Bertz CT molecular complexity index is 1300. The van der Waals surface area contributed by atoms with Gasteiger partial charge < -0.3 is 14.7 Å². The number of rotatable bonds is 10. The van der Waals surface area contributed by atoms with E-state index in [0.29, 0.717) is 11.1 Å². The second kappa shape index (κ2) is 10.5. The molecule has 0 aliphatic rings. The Kier molecular flexibility index (Phi) is 7.73. The molecule has 0 bridgehead atoms. The van der Waals surface area contributed by atoms with Gasteiger partial charge in [-0.05, 0) is 47.0 Å². The van der Waals surface area contributed by atoms with E-state index in [9.17, 15) is 23.1 Å². The van der Waals surface area contributed by atoms with Crippen LogP contribution >= 0.6 is 0 Å². The molecule has 7 nitrogen and oxygen atoms in total. The minimum absolute atomic E-state index is 0.0217. The van der Waals surface area contributed by atoms with Gasteiger partial charge in [-0.15, -0.1) is 0 Å². The first kappa shape index (κ1) is 25.0. The molecule has 3 aromatic rings. The van der Waals surface area contributed by atoms with E-state index in [2.05, 4.69) is 0 Å². The van der Waals surface area contributed by atoms with Crippen LogP contribution in [0.2, 0.25) is 0 Å². The van der Waals surface area contributed by atoms with Gasteiger partial charge in [-0.25, -0.2) is 13.2 Å². The monoisotopic (exact) mass is 481 g/mol. The van der Waals surface area contributed by atoms with Crippen molar-refractivity contribution < 1.29 is 27.9 Å². The van der Waals surface area contributed by atoms with Gasteiger partial charge in [0.05, 0.1) is 18.4 Å². The fraction of sp³-hybridized carbons (Fsp3) is 0.231. The van der Waals surface area contributed by atoms with Gasteiger partial charge in [0, 0.05) is 32.6 Å². The average molecular weight is 482 g/mol. The molecule has 0 saturated heterocycles. The van der Waals surface area contributed by atoms with E-state index in [4.69, 9.17) is 4.74 Å². The van der Waals surface area contributed by atoms with Crippen LogP contribution in [0.1, 0.15) is 27.0 Å². The van der Waals surface area contributed by atoms with Gasteiger partial charge in [0.25, 0.3) is 0 Å². The number of carboxylic acid groups (broad SMARTS) is 1. The number of carbonyl (C=O) groups excluding carboxylic acids is 1. The highest BCUT2D eigenvalue weighted by Gasteiger charge is 2.22. The predicted molar refractivity (Wildman–Crippen MR) is 130 cm³/mol. The molecule has 1 N–H and O–H groups in total. The number of ether oxygens (including phenoxy) is 1. The second-order valence-electron chi connectivity index (χ2n) is 8.20. The molecule has 8 heteroatoms. The quantitative estimate of drug-likeness (QED) is 0.470. The van der Waals surface area contributed by atoms with Crippen molar-refractivity contribution in [2.24, 2.45) is 0 Å². The Hall–Kier alpha value is -3.65. The third-order valence-electron chi connectivity index (χ3n) is 5.35. The highest BCUT2D eigenvalue weighted by Crippen LogP contribution is 2.28. The summed E-state index contributed by atoms with van der Waals surface area (Å²) < 4.78 is 31.3. The minimum atomic E-state index is -3.89. The van der Waals surface area contributed by atoms with Gasteiger partial charge in [0.1, 0.15) is 16.4 Å². The third-order valence-corrected chi connectivity index (χ3v) is 7.05. The SMILES string of the molecule is COc1ccc(C(=O)O)cc1S(=O)(=O)Cc1cccc(CC(=O)Cc2ccc(N(C)C)cc2)c1. The summed E-state index contributed by atoms with van der Waals surface area (Å²) in [6, 6.07) is 18.4. The number of anilines is 1. The van der Waals surface area contributed by atoms with Gasteiger partial charge in [-0.2, -0.15) is 0 Å². The lowest BCUT2D eigenvalue weighted by Gasteiger charge is -2.12. The zero-order valence-electron chi connectivity index (χ0n) is 19.3. The highest BCUT2D eigenvalue weighted by atomic mass is 32.2. The van der Waals surface area contributed by atoms with E-state index in [1.54, 1.807) is 24.3 Å². The van der Waals surface area contributed by atoms with E-state index in [-0.39, 0.29) is 40.6 Å². The van der Waals surface area contributed by atoms with E-state index in [0.717, 1.165) is 17.3 Å². The van der Waals surface area contributed by atoms with Gasteiger partial charge in [-0.1, -0.05) is 36.4 Å². The topological polar surface area (TPSA) is 101 Å². The van der Waals surface area contributed by atoms with Crippen LogP contribution in [0.15, 0.2) is 71.6 Å². The molecule has 178 valence electrons. The van der Waals surface area contributed by atoms with Crippen molar-refractivity contribution in [1.29, 1.82) is 0 Å². The normalized spacial score (nSPS) is 11.1. The first-order valence-corrected chi connectivity index (χ1v) is 12.2. The molecule has 3 rings (SSSR count). The summed E-state index contributed by atoms with van der Waals surface area (Å²) in [4.78, 5) is 25.7. The van der Waals surface area contributed by atoms with Crippen LogP contribution in [-0.2, 0) is 33.2 Å². The zero-order chi connectivity index (χ0) is 24.9. The molecule has 0 fully saturated rings. The minimum Gasteiger partial charge on any atom is -0.495 e. The Balaban J connectivity index is 1.74. The lowest BCUT2D eigenvalue weighted by atomic mass is 10.0. The van der Waals surface area contributed by atoms with Gasteiger partial charge >= 0.3 is 5.97 Å². The summed E-state index contributed by atoms with van der Waals surface area (Å²) in [6.45, 7) is 0. The fourth-order valence-corrected chi connectivity index (χ4v) is 5.15. The summed E-state index contributed by atoms with van der Waals surface area (Å²) in [5.74, 6) is -1.47. The second-order valence-corrected chi connectivity index (χ2v) is 10.2. The van der Waals surface area contributed by atoms with Gasteiger partial charge in [0.2, 0.25) is 0 Å². The summed E-state index contributed by atoms with van der Waals surface area (Å²) in [7, 11) is 1.34. The van der Waals surface area contributed by atoms with Crippen LogP contribution < -0.4 is 9.64 Å². The molecule has 0 aliphatic carbocycles. The van der Waals surface area contributed by atoms with Crippen LogP contribution in [-0.4, -0.2) is 46.5 Å². The number of hydrogen-bond acceptors (Lipinski definition) is 6. The van der Waals surface area contributed by atoms with E-state index < -0.39 is 15.8 Å². The first-order valence-electron chi connectivity index (χ1n) is 10.6. The number of ketones is 1. The Morgan fingerprint density at radius 2 is 1.53 bits per heavy atom. The lowest BCUT2D eigenvalue weighted by molar-refractivity contribution is -0.117. The molecule has 0 saturated carbocycles. The van der Waals surface area contributed by atoms with Crippen LogP contribution in [0, 0.1) is 0 Å².